The third-order valence-corrected chi connectivity index (χ3v) is 4.76. The molecule has 0 amide bonds. The van der Waals surface area contributed by atoms with Crippen molar-refractivity contribution in [1.82, 2.24) is 20.3 Å². The Morgan fingerprint density at radius 1 is 1.48 bits per heavy atom. The Balaban J connectivity index is 1.53. The van der Waals surface area contributed by atoms with Gasteiger partial charge in [-0.3, -0.25) is 9.98 Å². The second kappa shape index (κ2) is 10.3. The Bertz CT molecular complexity index is 602. The molecule has 2 rings (SSSR count). The molecule has 4 N–H and O–H groups in total. The number of aliphatic imine (C=N–C) groups is 1. The number of aromatic nitrogens is 3. The topological polar surface area (TPSA) is 92.0 Å². The molecule has 8 heteroatoms. The van der Waals surface area contributed by atoms with Crippen LogP contribution in [0.15, 0.2) is 40.3 Å². The van der Waals surface area contributed by atoms with Crippen molar-refractivity contribution in [2.45, 2.75) is 18.6 Å². The van der Waals surface area contributed by atoms with Crippen LogP contribution in [0.1, 0.15) is 17.8 Å². The summed E-state index contributed by atoms with van der Waals surface area (Å²) in [4.78, 5) is 15.7. The lowest BCUT2D eigenvalue weighted by molar-refractivity contribution is 0.806. The molecule has 2 aromatic rings. The summed E-state index contributed by atoms with van der Waals surface area (Å²) in [7, 11) is 0. The normalized spacial score (nSPS) is 11.6. The Hall–Kier alpha value is -1.54. The van der Waals surface area contributed by atoms with Crippen LogP contribution < -0.4 is 11.1 Å². The number of hydrogen-bond acceptors (Lipinski definition) is 4. The molecule has 0 aliphatic heterocycles. The van der Waals surface area contributed by atoms with Gasteiger partial charge < -0.3 is 16.0 Å². The van der Waals surface area contributed by atoms with E-state index in [0.29, 0.717) is 12.5 Å². The number of nitrogens with zero attached hydrogens (tertiary/aromatic N) is 3. The number of halogens is 1. The molecule has 0 radical (unpaired) electrons. The molecule has 2 heterocycles. The second-order valence-corrected chi connectivity index (χ2v) is 6.82. The van der Waals surface area contributed by atoms with Gasteiger partial charge in [0.1, 0.15) is 0 Å². The van der Waals surface area contributed by atoms with Gasteiger partial charge in [-0.15, -0.1) is 0 Å². The van der Waals surface area contributed by atoms with E-state index >= 15 is 0 Å². The van der Waals surface area contributed by atoms with E-state index in [4.69, 9.17) is 5.73 Å². The first-order valence-electron chi connectivity index (χ1n) is 7.44. The number of H-pyrrole nitrogens is 1. The lowest BCUT2D eigenvalue weighted by atomic mass is 10.2. The molecule has 6 nitrogen and oxygen atoms in total. The number of pyridine rings is 1. The molecular formula is C15H21BrN6S. The zero-order chi connectivity index (χ0) is 16.3. The van der Waals surface area contributed by atoms with E-state index in [2.05, 4.69) is 41.2 Å². The Morgan fingerprint density at radius 3 is 3.17 bits per heavy atom. The monoisotopic (exact) mass is 396 g/mol. The van der Waals surface area contributed by atoms with E-state index in [9.17, 15) is 0 Å². The van der Waals surface area contributed by atoms with Crippen LogP contribution in [0, 0.1) is 0 Å². The van der Waals surface area contributed by atoms with Crippen LogP contribution in [0.25, 0.3) is 0 Å². The van der Waals surface area contributed by atoms with Crippen LogP contribution in [-0.2, 0) is 12.2 Å². The molecule has 124 valence electrons. The van der Waals surface area contributed by atoms with Gasteiger partial charge in [0, 0.05) is 47.2 Å². The maximum absolute atomic E-state index is 5.84. The van der Waals surface area contributed by atoms with Crippen molar-refractivity contribution in [3.63, 3.8) is 0 Å². The highest BCUT2D eigenvalue weighted by Crippen LogP contribution is 2.18. The van der Waals surface area contributed by atoms with Gasteiger partial charge in [0.15, 0.2) is 5.96 Å². The van der Waals surface area contributed by atoms with E-state index < -0.39 is 0 Å². The first kappa shape index (κ1) is 17.8. The van der Waals surface area contributed by atoms with Gasteiger partial charge >= 0.3 is 0 Å². The van der Waals surface area contributed by atoms with Crippen molar-refractivity contribution in [2.24, 2.45) is 10.7 Å². The molecule has 0 aliphatic rings. The zero-order valence-corrected chi connectivity index (χ0v) is 15.2. The summed E-state index contributed by atoms with van der Waals surface area (Å²) in [5, 5.41) is 3.13. The molecule has 0 atom stereocenters. The largest absolute Gasteiger partial charge is 0.370 e. The number of rotatable bonds is 9. The molecule has 0 fully saturated rings. The number of imidazole rings is 1. The van der Waals surface area contributed by atoms with Crippen LogP contribution >= 0.6 is 27.7 Å². The van der Waals surface area contributed by atoms with Gasteiger partial charge in [-0.25, -0.2) is 4.98 Å². The third-order valence-electron chi connectivity index (χ3n) is 3.07. The predicted molar refractivity (Wildman–Crippen MR) is 99.5 cm³/mol. The lowest BCUT2D eigenvalue weighted by Crippen LogP contribution is -2.33. The van der Waals surface area contributed by atoms with E-state index in [1.165, 1.54) is 0 Å². The molecule has 0 spiro atoms. The standard InChI is InChI=1S/C15H21BrN6S/c16-13-4-2-5-19-14(13)10-23-8-7-21-15(17)20-6-1-3-12-9-18-11-22-12/h2,4-5,9,11H,1,3,6-8,10H2,(H,18,22)(H3,17,20,21). The summed E-state index contributed by atoms with van der Waals surface area (Å²) in [6.07, 6.45) is 7.23. The minimum atomic E-state index is 0.509. The zero-order valence-electron chi connectivity index (χ0n) is 12.8. The number of thioether (sulfide) groups is 1. The number of nitrogens with two attached hydrogens (primary N) is 1. The summed E-state index contributed by atoms with van der Waals surface area (Å²) < 4.78 is 1.05. The van der Waals surface area contributed by atoms with Crippen LogP contribution in [0.3, 0.4) is 0 Å². The van der Waals surface area contributed by atoms with Gasteiger partial charge in [0.05, 0.1) is 12.0 Å². The Labute approximate surface area is 148 Å². The molecular weight excluding hydrogens is 376 g/mol. The van der Waals surface area contributed by atoms with Gasteiger partial charge in [-0.2, -0.15) is 11.8 Å². The number of aromatic amines is 1. The van der Waals surface area contributed by atoms with E-state index in [1.54, 1.807) is 6.33 Å². The fourth-order valence-electron chi connectivity index (χ4n) is 1.89. The number of guanidine groups is 1. The molecule has 0 unspecified atom stereocenters. The van der Waals surface area contributed by atoms with Crippen molar-refractivity contribution in [3.05, 3.63) is 46.7 Å². The van der Waals surface area contributed by atoms with Crippen molar-refractivity contribution in [3.8, 4) is 0 Å². The first-order chi connectivity index (χ1) is 11.3. The van der Waals surface area contributed by atoms with Crippen LogP contribution in [-0.4, -0.2) is 39.8 Å². The van der Waals surface area contributed by atoms with Crippen molar-refractivity contribution in [2.75, 3.05) is 18.8 Å². The van der Waals surface area contributed by atoms with Crippen LogP contribution in [0.5, 0.6) is 0 Å². The maximum atomic E-state index is 5.84. The maximum Gasteiger partial charge on any atom is 0.188 e. The second-order valence-electron chi connectivity index (χ2n) is 4.86. The Morgan fingerprint density at radius 2 is 2.39 bits per heavy atom. The predicted octanol–water partition coefficient (Wildman–Crippen LogP) is 2.34. The average molecular weight is 397 g/mol. The summed E-state index contributed by atoms with van der Waals surface area (Å²) in [6, 6.07) is 3.93. The van der Waals surface area contributed by atoms with E-state index in [1.807, 2.05) is 36.3 Å². The van der Waals surface area contributed by atoms with Crippen molar-refractivity contribution >= 4 is 33.7 Å². The highest BCUT2D eigenvalue weighted by molar-refractivity contribution is 9.10. The molecule has 0 saturated heterocycles. The highest BCUT2D eigenvalue weighted by Gasteiger charge is 2.00. The van der Waals surface area contributed by atoms with Crippen molar-refractivity contribution in [1.29, 1.82) is 0 Å². The minimum absolute atomic E-state index is 0.509. The summed E-state index contributed by atoms with van der Waals surface area (Å²) >= 11 is 5.31. The van der Waals surface area contributed by atoms with Gasteiger partial charge in [0.25, 0.3) is 0 Å². The van der Waals surface area contributed by atoms with Crippen molar-refractivity contribution < 1.29 is 0 Å². The SMILES string of the molecule is NC(=NCCCc1cnc[nH]1)NCCSCc1ncccc1Br. The number of hydrogen-bond donors (Lipinski definition) is 3. The fraction of sp³-hybridized carbons (Fsp3) is 0.400. The molecule has 2 aromatic heterocycles. The fourth-order valence-corrected chi connectivity index (χ4v) is 3.29. The van der Waals surface area contributed by atoms with E-state index in [-0.39, 0.29) is 0 Å². The smallest absolute Gasteiger partial charge is 0.188 e. The molecule has 0 saturated carbocycles. The third kappa shape index (κ3) is 7.04. The quantitative estimate of drug-likeness (QED) is 0.343. The Kier molecular flexibility index (Phi) is 7.96. The summed E-state index contributed by atoms with van der Waals surface area (Å²) in [5.74, 6) is 2.34. The molecule has 0 aromatic carbocycles. The van der Waals surface area contributed by atoms with E-state index in [0.717, 1.165) is 46.8 Å². The van der Waals surface area contributed by atoms with Crippen LogP contribution in [0.4, 0.5) is 0 Å². The molecule has 0 aliphatic carbocycles. The first-order valence-corrected chi connectivity index (χ1v) is 9.38. The number of aryl methyl sites for hydroxylation is 1. The summed E-state index contributed by atoms with van der Waals surface area (Å²) in [6.45, 7) is 1.51. The molecule has 0 bridgehead atoms. The minimum Gasteiger partial charge on any atom is -0.370 e. The molecule has 23 heavy (non-hydrogen) atoms. The van der Waals surface area contributed by atoms with Crippen LogP contribution in [0.2, 0.25) is 0 Å². The van der Waals surface area contributed by atoms with Gasteiger partial charge in [0.2, 0.25) is 0 Å². The average Bonchev–Trinajstić information content (AvgIpc) is 3.06. The highest BCUT2D eigenvalue weighted by atomic mass is 79.9. The number of nitrogens with one attached hydrogen (secondary N) is 2. The van der Waals surface area contributed by atoms with Gasteiger partial charge in [-0.1, -0.05) is 0 Å². The summed E-state index contributed by atoms with van der Waals surface area (Å²) in [5.41, 5.74) is 8.04. The lowest BCUT2D eigenvalue weighted by Gasteiger charge is -2.06. The van der Waals surface area contributed by atoms with Gasteiger partial charge in [-0.05, 0) is 40.9 Å².